The van der Waals surface area contributed by atoms with Crippen LogP contribution < -0.4 is 43.0 Å². The number of anilines is 2. The van der Waals surface area contributed by atoms with E-state index in [4.69, 9.17) is 24.7 Å². The molecule has 2 unspecified atom stereocenters. The molecule has 0 aliphatic carbocycles. The number of nitrogens with one attached hydrogen (secondary N) is 7. The van der Waals surface area contributed by atoms with Crippen LogP contribution in [0.4, 0.5) is 21.0 Å². The minimum atomic E-state index is -1.08. The minimum absolute atomic E-state index is 0.0814. The number of unbranched alkanes of at least 4 members (excludes halogenated alkanes) is 2. The van der Waals surface area contributed by atoms with Gasteiger partial charge < -0.3 is 66.4 Å². The Morgan fingerprint density at radius 1 is 0.703 bits per heavy atom. The molecule has 0 aromatic heterocycles. The molecule has 3 aromatic rings. The highest BCUT2D eigenvalue weighted by Crippen LogP contribution is 2.30. The summed E-state index contributed by atoms with van der Waals surface area (Å²) >= 11 is 0. The fourth-order valence-electron chi connectivity index (χ4n) is 13.1. The van der Waals surface area contributed by atoms with Gasteiger partial charge in [0.05, 0.1) is 49.8 Å². The van der Waals surface area contributed by atoms with Crippen LogP contribution in [0.2, 0.25) is 0 Å². The highest BCUT2D eigenvalue weighted by Gasteiger charge is 2.44. The lowest BCUT2D eigenvalue weighted by Crippen LogP contribution is -2.58. The summed E-state index contributed by atoms with van der Waals surface area (Å²) in [4.78, 5) is 165. The van der Waals surface area contributed by atoms with E-state index in [-0.39, 0.29) is 111 Å². The van der Waals surface area contributed by atoms with Crippen LogP contribution in [0.25, 0.3) is 0 Å². The first-order valence-electron chi connectivity index (χ1n) is 35.0. The Hall–Kier alpha value is -9.02. The first kappa shape index (κ1) is 82.6. The molecule has 0 radical (unpaired) electrons. The highest BCUT2D eigenvalue weighted by atomic mass is 16.5. The Balaban J connectivity index is 1.11. The number of hydrogen-bond acceptors (Lipinski definition) is 17. The standard InChI is InChI=1S/C73H108N12O16/c1-14-45(4)63(58(98-11)41-61(88)84-37-23-29-57(84)64(99-12)47(6)65(89)81-56(71(95)100-13)40-50-24-17-15-18-25-50)83(10)70(94)49(8)77-68(92)62(44(2)3)82(9)42-52-26-21-27-54(39-52)79-73(97)101-43-51-31-33-53(34-32-51)78-67(91)55(28-22-35-75-72(74)96)80-66(90)48(7)76-59(86)30-19-16-20-36-85-60(87)38-46(5)69(85)93/h15,17-18,21,24-27,31-34,39,44-49,55-58,62-64H,14,16,19-20,22-23,28-30,35-38,40-43H2,1-13H3,(H,76,86)(H,77,92)(H,78,91)(H,79,97)(H,80,90)(H,81,89)(H3,74,75,96)/t45-,46?,47+,48-,49-,55?,56-,57-,58+,62-,63-,64+/m0/s1. The summed E-state index contributed by atoms with van der Waals surface area (Å²) in [6, 6.07) is 16.3. The second kappa shape index (κ2) is 41.0. The van der Waals surface area contributed by atoms with Gasteiger partial charge in [-0.1, -0.05) is 109 Å². The Labute approximate surface area is 593 Å². The number of nitrogens with zero attached hydrogens (tertiary/aromatic N) is 4. The van der Waals surface area contributed by atoms with Gasteiger partial charge in [-0.05, 0) is 112 Å². The van der Waals surface area contributed by atoms with Gasteiger partial charge in [0.15, 0.2) is 0 Å². The molecule has 2 heterocycles. The van der Waals surface area contributed by atoms with Crippen molar-refractivity contribution in [2.24, 2.45) is 29.4 Å². The molecule has 556 valence electrons. The van der Waals surface area contributed by atoms with E-state index in [1.165, 1.54) is 33.2 Å². The van der Waals surface area contributed by atoms with Gasteiger partial charge in [0.25, 0.3) is 0 Å². The number of imide groups is 1. The van der Waals surface area contributed by atoms with Crippen LogP contribution in [0, 0.1) is 23.7 Å². The van der Waals surface area contributed by atoms with E-state index < -0.39 is 96.2 Å². The summed E-state index contributed by atoms with van der Waals surface area (Å²) in [7, 11) is 7.72. The van der Waals surface area contributed by atoms with E-state index in [1.807, 2.05) is 69.0 Å². The predicted molar refractivity (Wildman–Crippen MR) is 379 cm³/mol. The Morgan fingerprint density at radius 3 is 2.01 bits per heavy atom. The second-order valence-corrected chi connectivity index (χ2v) is 26.9. The Kier molecular flexibility index (Phi) is 33.6. The maximum Gasteiger partial charge on any atom is 0.411 e. The third kappa shape index (κ3) is 25.2. The summed E-state index contributed by atoms with van der Waals surface area (Å²) in [6.45, 7) is 15.3. The lowest BCUT2D eigenvalue weighted by atomic mass is 9.90. The maximum absolute atomic E-state index is 14.5. The summed E-state index contributed by atoms with van der Waals surface area (Å²) in [5.41, 5.74) is 8.19. The number of benzene rings is 3. The molecular formula is C73H108N12O16. The predicted octanol–water partition coefficient (Wildman–Crippen LogP) is 5.55. The molecule has 3 aromatic carbocycles. The summed E-state index contributed by atoms with van der Waals surface area (Å²) < 4.78 is 22.6. The molecule has 0 saturated carbocycles. The molecule has 28 heteroatoms. The number of likely N-dealkylation sites (N-methyl/N-ethyl adjacent to an activating group) is 2. The molecule has 0 bridgehead atoms. The first-order chi connectivity index (χ1) is 48.0. The van der Waals surface area contributed by atoms with Gasteiger partial charge in [-0.3, -0.25) is 58.3 Å². The zero-order chi connectivity index (χ0) is 74.6. The number of carbonyl (C=O) groups excluding carboxylic acids is 12. The van der Waals surface area contributed by atoms with Crippen molar-refractivity contribution in [1.29, 1.82) is 0 Å². The van der Waals surface area contributed by atoms with Crippen molar-refractivity contribution >= 4 is 82.6 Å². The van der Waals surface area contributed by atoms with Crippen molar-refractivity contribution in [3.63, 3.8) is 0 Å². The number of likely N-dealkylation sites (tertiary alicyclic amines) is 2. The van der Waals surface area contributed by atoms with Gasteiger partial charge in [0.1, 0.15) is 30.8 Å². The van der Waals surface area contributed by atoms with Gasteiger partial charge in [-0.2, -0.15) is 0 Å². The zero-order valence-corrected chi connectivity index (χ0v) is 60.9. The molecular weight excluding hydrogens is 1300 g/mol. The van der Waals surface area contributed by atoms with Crippen LogP contribution in [0.15, 0.2) is 78.9 Å². The van der Waals surface area contributed by atoms with E-state index in [9.17, 15) is 57.5 Å². The summed E-state index contributed by atoms with van der Waals surface area (Å²) in [6.07, 6.45) is 2.10. The van der Waals surface area contributed by atoms with E-state index in [1.54, 1.807) is 87.1 Å². The van der Waals surface area contributed by atoms with Gasteiger partial charge >= 0.3 is 18.1 Å². The maximum atomic E-state index is 14.5. The fraction of sp³-hybridized carbons (Fsp3) is 0.589. The molecule has 101 heavy (non-hydrogen) atoms. The van der Waals surface area contributed by atoms with E-state index in [2.05, 4.69) is 37.2 Å². The number of primary amides is 1. The van der Waals surface area contributed by atoms with Crippen molar-refractivity contribution in [3.8, 4) is 0 Å². The van der Waals surface area contributed by atoms with Gasteiger partial charge in [0, 0.05) is 84.0 Å². The third-order valence-electron chi connectivity index (χ3n) is 18.8. The average molecular weight is 1410 g/mol. The van der Waals surface area contributed by atoms with Gasteiger partial charge in [0.2, 0.25) is 53.2 Å². The number of hydrogen-bond donors (Lipinski definition) is 8. The molecule has 2 aliphatic heterocycles. The van der Waals surface area contributed by atoms with Crippen molar-refractivity contribution in [2.75, 3.05) is 65.7 Å². The zero-order valence-electron chi connectivity index (χ0n) is 60.9. The number of nitrogens with two attached hydrogens (primary N) is 1. The minimum Gasteiger partial charge on any atom is -0.467 e. The van der Waals surface area contributed by atoms with Crippen molar-refractivity contribution in [3.05, 3.63) is 95.6 Å². The number of carbonyl (C=O) groups is 12. The topological polar surface area (TPSA) is 365 Å². The quantitative estimate of drug-likeness (QED) is 0.0196. The molecule has 28 nitrogen and oxygen atoms in total. The van der Waals surface area contributed by atoms with Gasteiger partial charge in [-0.25, -0.2) is 14.4 Å². The second-order valence-electron chi connectivity index (χ2n) is 26.9. The number of esters is 1. The van der Waals surface area contributed by atoms with E-state index in [0.717, 1.165) is 11.1 Å². The summed E-state index contributed by atoms with van der Waals surface area (Å²) in [5, 5.41) is 19.1. The van der Waals surface area contributed by atoms with Crippen molar-refractivity contribution in [2.45, 2.75) is 200 Å². The third-order valence-corrected chi connectivity index (χ3v) is 18.8. The SMILES string of the molecule is CC[C@H](C)[C@@H]([C@@H](CC(=O)N1CCC[C@H]1[C@H](OC)[C@@H](C)C(=O)N[C@@H](Cc1ccccc1)C(=O)OC)OC)N(C)C(=O)[C@H](C)NC(=O)[C@H](C(C)C)N(C)Cc1cccc(NC(=O)OCc2ccc(NC(=O)C(CCCNC(N)=O)NC(=O)[C@H](C)NC(=O)CCCCCN3C(=O)CC(C)C3=O)cc2)c1. The van der Waals surface area contributed by atoms with Crippen LogP contribution in [0.3, 0.4) is 0 Å². The largest absolute Gasteiger partial charge is 0.467 e. The molecule has 9 N–H and O–H groups in total. The fourth-order valence-corrected chi connectivity index (χ4v) is 13.1. The van der Waals surface area contributed by atoms with E-state index >= 15 is 0 Å². The molecule has 2 saturated heterocycles. The molecule has 2 aliphatic rings. The highest BCUT2D eigenvalue weighted by molar-refractivity contribution is 6.03. The smallest absolute Gasteiger partial charge is 0.411 e. The molecule has 5 rings (SSSR count). The molecule has 0 spiro atoms. The van der Waals surface area contributed by atoms with Crippen LogP contribution in [0.5, 0.6) is 0 Å². The lowest BCUT2D eigenvalue weighted by Gasteiger charge is -2.40. The molecule has 12 amide bonds. The molecule has 2 fully saturated rings. The number of urea groups is 1. The van der Waals surface area contributed by atoms with E-state index in [0.29, 0.717) is 68.6 Å². The molecule has 12 atom stereocenters. The first-order valence-corrected chi connectivity index (χ1v) is 35.0. The average Bonchev–Trinajstić information content (AvgIpc) is 1.78. The Bertz CT molecular complexity index is 3290. The van der Waals surface area contributed by atoms with Crippen LogP contribution in [-0.2, 0) is 86.5 Å². The monoisotopic (exact) mass is 1410 g/mol. The normalized spacial score (nSPS) is 17.4. The van der Waals surface area contributed by atoms with Crippen molar-refractivity contribution in [1.82, 2.24) is 46.2 Å². The van der Waals surface area contributed by atoms with Gasteiger partial charge in [-0.15, -0.1) is 0 Å². The van der Waals surface area contributed by atoms with Crippen molar-refractivity contribution < 1.29 is 76.5 Å². The lowest BCUT2D eigenvalue weighted by molar-refractivity contribution is -0.148. The summed E-state index contributed by atoms with van der Waals surface area (Å²) in [5.74, 6) is -5.40. The number of amides is 12. The van der Waals surface area contributed by atoms with Crippen LogP contribution >= 0.6 is 0 Å². The number of ether oxygens (including phenoxy) is 4. The van der Waals surface area contributed by atoms with Crippen LogP contribution in [-0.4, -0.2) is 200 Å². The Morgan fingerprint density at radius 2 is 1.39 bits per heavy atom. The van der Waals surface area contributed by atoms with Crippen LogP contribution in [0.1, 0.15) is 143 Å². The number of methoxy groups -OCH3 is 3. The number of rotatable bonds is 40.